The Bertz CT molecular complexity index is 728. The molecule has 25 heavy (non-hydrogen) atoms. The van der Waals surface area contributed by atoms with Crippen molar-refractivity contribution in [3.05, 3.63) is 46.3 Å². The predicted molar refractivity (Wildman–Crippen MR) is 101 cm³/mol. The van der Waals surface area contributed by atoms with Crippen LogP contribution >= 0.6 is 23.2 Å². The smallest absolute Gasteiger partial charge is 0.271 e. The van der Waals surface area contributed by atoms with Crippen molar-refractivity contribution in [1.82, 2.24) is 15.3 Å². The number of rotatable bonds is 4. The summed E-state index contributed by atoms with van der Waals surface area (Å²) in [5, 5.41) is 7.17. The van der Waals surface area contributed by atoms with Crippen LogP contribution < -0.4 is 10.6 Å². The second kappa shape index (κ2) is 8.50. The first-order valence-corrected chi connectivity index (χ1v) is 9.22. The highest BCUT2D eigenvalue weighted by Gasteiger charge is 2.16. The van der Waals surface area contributed by atoms with E-state index in [0.29, 0.717) is 27.2 Å². The molecule has 0 aliphatic heterocycles. The van der Waals surface area contributed by atoms with Crippen LogP contribution in [-0.4, -0.2) is 21.9 Å². The van der Waals surface area contributed by atoms with Crippen molar-refractivity contribution >= 4 is 40.6 Å². The minimum atomic E-state index is -0.171. The lowest BCUT2D eigenvalue weighted by atomic mass is 10.1. The SMILES string of the molecule is O=C(NC1CCCCCC1)c1cnc(Nc2ccc(Cl)cc2Cl)cn1. The second-order valence-corrected chi connectivity index (χ2v) is 7.04. The first-order chi connectivity index (χ1) is 12.1. The van der Waals surface area contributed by atoms with E-state index in [1.807, 2.05) is 0 Å². The summed E-state index contributed by atoms with van der Waals surface area (Å²) in [4.78, 5) is 20.8. The van der Waals surface area contributed by atoms with E-state index in [-0.39, 0.29) is 11.9 Å². The van der Waals surface area contributed by atoms with Crippen molar-refractivity contribution in [1.29, 1.82) is 0 Å². The lowest BCUT2D eigenvalue weighted by Crippen LogP contribution is -2.34. The van der Waals surface area contributed by atoms with Crippen LogP contribution in [-0.2, 0) is 0 Å². The first kappa shape index (κ1) is 18.0. The van der Waals surface area contributed by atoms with Gasteiger partial charge in [-0.2, -0.15) is 0 Å². The monoisotopic (exact) mass is 378 g/mol. The van der Waals surface area contributed by atoms with E-state index in [1.54, 1.807) is 18.2 Å². The molecule has 132 valence electrons. The molecular formula is C18H20Cl2N4O. The van der Waals surface area contributed by atoms with Gasteiger partial charge in [0.05, 0.1) is 23.1 Å². The molecule has 7 heteroatoms. The summed E-state index contributed by atoms with van der Waals surface area (Å²) in [6, 6.07) is 5.38. The highest BCUT2D eigenvalue weighted by Crippen LogP contribution is 2.27. The van der Waals surface area contributed by atoms with Gasteiger partial charge in [-0.1, -0.05) is 48.9 Å². The van der Waals surface area contributed by atoms with E-state index in [1.165, 1.54) is 38.1 Å². The van der Waals surface area contributed by atoms with Crippen molar-refractivity contribution < 1.29 is 4.79 Å². The molecule has 1 aromatic carbocycles. The Kier molecular flexibility index (Phi) is 6.10. The lowest BCUT2D eigenvalue weighted by Gasteiger charge is -2.15. The number of hydrogen-bond donors (Lipinski definition) is 2. The van der Waals surface area contributed by atoms with Crippen molar-refractivity contribution in [2.24, 2.45) is 0 Å². The number of benzene rings is 1. The summed E-state index contributed by atoms with van der Waals surface area (Å²) < 4.78 is 0. The molecule has 0 radical (unpaired) electrons. The van der Waals surface area contributed by atoms with Gasteiger partial charge in [-0.05, 0) is 31.0 Å². The third kappa shape index (κ3) is 5.06. The van der Waals surface area contributed by atoms with Gasteiger partial charge in [0, 0.05) is 11.1 Å². The fourth-order valence-corrected chi connectivity index (χ4v) is 3.38. The molecule has 0 unspecified atom stereocenters. The fourth-order valence-electron chi connectivity index (χ4n) is 2.92. The van der Waals surface area contributed by atoms with Crippen LogP contribution in [0.25, 0.3) is 0 Å². The van der Waals surface area contributed by atoms with Crippen molar-refractivity contribution in [2.45, 2.75) is 44.6 Å². The molecule has 0 spiro atoms. The van der Waals surface area contributed by atoms with Crippen LogP contribution in [0.2, 0.25) is 10.0 Å². The Morgan fingerprint density at radius 3 is 2.44 bits per heavy atom. The highest BCUT2D eigenvalue weighted by molar-refractivity contribution is 6.36. The fraction of sp³-hybridized carbons (Fsp3) is 0.389. The molecule has 2 N–H and O–H groups in total. The standard InChI is InChI=1S/C18H20Cl2N4O/c19-12-7-8-15(14(20)9-12)24-17-11-21-16(10-22-17)18(25)23-13-5-3-1-2-4-6-13/h7-11,13H,1-6H2,(H,22,24)(H,23,25). The van der Waals surface area contributed by atoms with Gasteiger partial charge in [-0.3, -0.25) is 4.79 Å². The number of amides is 1. The molecule has 0 saturated heterocycles. The van der Waals surface area contributed by atoms with Gasteiger partial charge < -0.3 is 10.6 Å². The maximum absolute atomic E-state index is 12.3. The molecule has 0 bridgehead atoms. The number of nitrogens with one attached hydrogen (secondary N) is 2. The molecule has 1 fully saturated rings. The average Bonchev–Trinajstić information content (AvgIpc) is 2.87. The largest absolute Gasteiger partial charge is 0.348 e. The Hall–Kier alpha value is -1.85. The molecule has 1 saturated carbocycles. The van der Waals surface area contributed by atoms with E-state index >= 15 is 0 Å². The van der Waals surface area contributed by atoms with E-state index in [9.17, 15) is 4.79 Å². The minimum Gasteiger partial charge on any atom is -0.348 e. The van der Waals surface area contributed by atoms with Crippen LogP contribution in [0.3, 0.4) is 0 Å². The molecule has 1 heterocycles. The molecule has 3 rings (SSSR count). The van der Waals surface area contributed by atoms with Crippen LogP contribution in [0.5, 0.6) is 0 Å². The Morgan fingerprint density at radius 1 is 1.04 bits per heavy atom. The third-order valence-electron chi connectivity index (χ3n) is 4.27. The van der Waals surface area contributed by atoms with E-state index in [0.717, 1.165) is 12.8 Å². The summed E-state index contributed by atoms with van der Waals surface area (Å²) in [5.74, 6) is 0.339. The molecule has 0 atom stereocenters. The zero-order chi connectivity index (χ0) is 17.6. The third-order valence-corrected chi connectivity index (χ3v) is 4.82. The summed E-state index contributed by atoms with van der Waals surface area (Å²) in [6.45, 7) is 0. The minimum absolute atomic E-state index is 0.171. The summed E-state index contributed by atoms with van der Waals surface area (Å²) in [7, 11) is 0. The number of halogens is 2. The highest BCUT2D eigenvalue weighted by atomic mass is 35.5. The maximum atomic E-state index is 12.3. The second-order valence-electron chi connectivity index (χ2n) is 6.20. The van der Waals surface area contributed by atoms with Gasteiger partial charge in [-0.15, -0.1) is 0 Å². The van der Waals surface area contributed by atoms with E-state index in [2.05, 4.69) is 20.6 Å². The molecular weight excluding hydrogens is 359 g/mol. The van der Waals surface area contributed by atoms with Crippen molar-refractivity contribution in [3.63, 3.8) is 0 Å². The van der Waals surface area contributed by atoms with Gasteiger partial charge in [0.15, 0.2) is 0 Å². The van der Waals surface area contributed by atoms with Crippen LogP contribution in [0.15, 0.2) is 30.6 Å². The first-order valence-electron chi connectivity index (χ1n) is 8.47. The zero-order valence-electron chi connectivity index (χ0n) is 13.8. The zero-order valence-corrected chi connectivity index (χ0v) is 15.3. The molecule has 1 aliphatic rings. The van der Waals surface area contributed by atoms with Gasteiger partial charge in [-0.25, -0.2) is 9.97 Å². The van der Waals surface area contributed by atoms with Crippen molar-refractivity contribution in [2.75, 3.05) is 5.32 Å². The van der Waals surface area contributed by atoms with Crippen LogP contribution in [0.1, 0.15) is 49.0 Å². The number of anilines is 2. The topological polar surface area (TPSA) is 66.9 Å². The van der Waals surface area contributed by atoms with Gasteiger partial charge in [0.1, 0.15) is 11.5 Å². The maximum Gasteiger partial charge on any atom is 0.271 e. The number of carbonyl (C=O) groups excluding carboxylic acids is 1. The Morgan fingerprint density at radius 2 is 1.80 bits per heavy atom. The number of hydrogen-bond acceptors (Lipinski definition) is 4. The van der Waals surface area contributed by atoms with Gasteiger partial charge >= 0.3 is 0 Å². The Labute approximate surface area is 157 Å². The summed E-state index contributed by atoms with van der Waals surface area (Å²) in [6.07, 6.45) is 9.90. The van der Waals surface area contributed by atoms with Gasteiger partial charge in [0.2, 0.25) is 0 Å². The lowest BCUT2D eigenvalue weighted by molar-refractivity contribution is 0.0928. The van der Waals surface area contributed by atoms with Crippen LogP contribution in [0.4, 0.5) is 11.5 Å². The predicted octanol–water partition coefficient (Wildman–Crippen LogP) is 4.98. The van der Waals surface area contributed by atoms with E-state index < -0.39 is 0 Å². The average molecular weight is 379 g/mol. The summed E-state index contributed by atoms with van der Waals surface area (Å²) in [5.41, 5.74) is 0.994. The molecule has 1 aliphatic carbocycles. The van der Waals surface area contributed by atoms with Gasteiger partial charge in [0.25, 0.3) is 5.91 Å². The number of carbonyl (C=O) groups is 1. The normalized spacial score (nSPS) is 15.4. The quantitative estimate of drug-likeness (QED) is 0.736. The number of aromatic nitrogens is 2. The summed E-state index contributed by atoms with van der Waals surface area (Å²) >= 11 is 12.0. The molecule has 1 amide bonds. The molecule has 5 nitrogen and oxygen atoms in total. The van der Waals surface area contributed by atoms with Crippen molar-refractivity contribution in [3.8, 4) is 0 Å². The molecule has 1 aromatic heterocycles. The van der Waals surface area contributed by atoms with Crippen LogP contribution in [0, 0.1) is 0 Å². The number of nitrogens with zero attached hydrogens (tertiary/aromatic N) is 2. The molecule has 2 aromatic rings. The van der Waals surface area contributed by atoms with E-state index in [4.69, 9.17) is 23.2 Å². The Balaban J connectivity index is 1.62.